The van der Waals surface area contributed by atoms with Crippen LogP contribution in [0.3, 0.4) is 0 Å². The number of methoxy groups -OCH3 is 2. The van der Waals surface area contributed by atoms with Gasteiger partial charge in [-0.05, 0) is 51.7 Å². The van der Waals surface area contributed by atoms with E-state index in [4.69, 9.17) is 4.74 Å². The Hall–Kier alpha value is -3.37. The van der Waals surface area contributed by atoms with E-state index in [1.807, 2.05) is 20.8 Å². The van der Waals surface area contributed by atoms with Gasteiger partial charge in [0.05, 0.1) is 14.2 Å². The van der Waals surface area contributed by atoms with Gasteiger partial charge in [0.15, 0.2) is 5.69 Å². The van der Waals surface area contributed by atoms with Crippen molar-refractivity contribution in [2.45, 2.75) is 45.8 Å². The van der Waals surface area contributed by atoms with E-state index in [-0.39, 0.29) is 6.09 Å². The summed E-state index contributed by atoms with van der Waals surface area (Å²) in [5.74, 6) is -0.393. The van der Waals surface area contributed by atoms with E-state index >= 15 is 0 Å². The number of nitrogens with one attached hydrogen (secondary N) is 1. The highest BCUT2D eigenvalue weighted by Crippen LogP contribution is 2.21. The number of H-pyrrole nitrogens is 1. The van der Waals surface area contributed by atoms with Gasteiger partial charge in [0.1, 0.15) is 11.3 Å². The Bertz CT molecular complexity index is 879. The monoisotopic (exact) mass is 449 g/mol. The third kappa shape index (κ3) is 7.71. The molecule has 1 fully saturated rings. The molecular weight excluding hydrogens is 418 g/mol. The number of aromatic amines is 1. The minimum atomic E-state index is -0.465. The molecule has 1 aliphatic rings. The molecule has 11 heteroatoms. The Morgan fingerprint density at radius 1 is 1.09 bits per heavy atom. The maximum absolute atomic E-state index is 12.0. The van der Waals surface area contributed by atoms with Gasteiger partial charge >= 0.3 is 18.0 Å². The van der Waals surface area contributed by atoms with Gasteiger partial charge in [-0.3, -0.25) is 9.78 Å². The number of hydrogen-bond donors (Lipinski definition) is 1. The topological polar surface area (TPSA) is 129 Å². The lowest BCUT2D eigenvalue weighted by molar-refractivity contribution is 0.0176. The first-order valence-corrected chi connectivity index (χ1v) is 10.3. The van der Waals surface area contributed by atoms with E-state index < -0.39 is 17.5 Å². The number of nitrogens with zero attached hydrogens (tertiary/aromatic N) is 4. The van der Waals surface area contributed by atoms with E-state index in [1.54, 1.807) is 27.9 Å². The summed E-state index contributed by atoms with van der Waals surface area (Å²) < 4.78 is 16.2. The SMILES string of the molecule is COC(=O)c1ccn(CC2CCN(C(=O)OC(C)(C)C)CC2)n1.COC(=O)c1ccn[nH]1. The molecule has 0 atom stereocenters. The number of aromatic nitrogens is 4. The van der Waals surface area contributed by atoms with Gasteiger partial charge in [-0.2, -0.15) is 10.2 Å². The van der Waals surface area contributed by atoms with Crippen LogP contribution in [0.1, 0.15) is 54.6 Å². The third-order valence-electron chi connectivity index (χ3n) is 4.65. The first-order chi connectivity index (χ1) is 15.1. The van der Waals surface area contributed by atoms with Crippen molar-refractivity contribution in [1.29, 1.82) is 0 Å². The minimum Gasteiger partial charge on any atom is -0.464 e. The molecule has 2 aromatic heterocycles. The molecule has 0 unspecified atom stereocenters. The van der Waals surface area contributed by atoms with Gasteiger partial charge in [-0.25, -0.2) is 14.4 Å². The van der Waals surface area contributed by atoms with Crippen LogP contribution >= 0.6 is 0 Å². The molecule has 3 heterocycles. The molecule has 0 bridgehead atoms. The van der Waals surface area contributed by atoms with Crippen LogP contribution in [0.25, 0.3) is 0 Å². The van der Waals surface area contributed by atoms with Crippen LogP contribution in [0.5, 0.6) is 0 Å². The highest BCUT2D eigenvalue weighted by atomic mass is 16.6. The zero-order valence-electron chi connectivity index (χ0n) is 19.2. The number of likely N-dealkylation sites (tertiary alicyclic amines) is 1. The van der Waals surface area contributed by atoms with Gasteiger partial charge in [0.25, 0.3) is 0 Å². The number of hydrogen-bond acceptors (Lipinski definition) is 8. The number of rotatable bonds is 4. The minimum absolute atomic E-state index is 0.247. The molecule has 32 heavy (non-hydrogen) atoms. The van der Waals surface area contributed by atoms with Crippen LogP contribution in [-0.2, 0) is 20.8 Å². The fourth-order valence-corrected chi connectivity index (χ4v) is 3.05. The van der Waals surface area contributed by atoms with E-state index in [0.717, 1.165) is 19.4 Å². The molecule has 3 rings (SSSR count). The van der Waals surface area contributed by atoms with Crippen LogP contribution in [0.2, 0.25) is 0 Å². The summed E-state index contributed by atoms with van der Waals surface area (Å²) >= 11 is 0. The standard InChI is InChI=1S/C16H25N3O4.C5H6N2O2/c1-16(2,3)23-15(21)18-8-5-12(6-9-18)11-19-10-7-13(17-19)14(20)22-4;1-9-5(8)4-2-3-6-7-4/h7,10,12H,5-6,8-9,11H2,1-4H3;2-3H,1H3,(H,6,7). The predicted molar refractivity (Wildman–Crippen MR) is 114 cm³/mol. The van der Waals surface area contributed by atoms with E-state index in [2.05, 4.69) is 24.8 Å². The summed E-state index contributed by atoms with van der Waals surface area (Å²) in [6.07, 6.45) is 4.82. The number of carbonyl (C=O) groups excluding carboxylic acids is 3. The van der Waals surface area contributed by atoms with Gasteiger partial charge < -0.3 is 19.1 Å². The number of esters is 2. The van der Waals surface area contributed by atoms with Crippen molar-refractivity contribution in [2.75, 3.05) is 27.3 Å². The van der Waals surface area contributed by atoms with Gasteiger partial charge in [-0.15, -0.1) is 0 Å². The van der Waals surface area contributed by atoms with Crippen LogP contribution in [0, 0.1) is 5.92 Å². The Morgan fingerprint density at radius 3 is 2.28 bits per heavy atom. The fraction of sp³-hybridized carbons (Fsp3) is 0.571. The molecule has 1 saturated heterocycles. The summed E-state index contributed by atoms with van der Waals surface area (Å²) in [6.45, 7) is 7.71. The van der Waals surface area contributed by atoms with Crippen molar-refractivity contribution in [3.63, 3.8) is 0 Å². The third-order valence-corrected chi connectivity index (χ3v) is 4.65. The van der Waals surface area contributed by atoms with Gasteiger partial charge in [0, 0.05) is 32.0 Å². The Balaban J connectivity index is 0.000000336. The molecule has 1 N–H and O–H groups in total. The average Bonchev–Trinajstić information content (AvgIpc) is 3.45. The van der Waals surface area contributed by atoms with Crippen LogP contribution in [0.15, 0.2) is 24.5 Å². The Morgan fingerprint density at radius 2 is 1.75 bits per heavy atom. The van der Waals surface area contributed by atoms with E-state index in [9.17, 15) is 14.4 Å². The smallest absolute Gasteiger partial charge is 0.410 e. The lowest BCUT2D eigenvalue weighted by Crippen LogP contribution is -2.42. The highest BCUT2D eigenvalue weighted by Gasteiger charge is 2.27. The maximum atomic E-state index is 12.0. The second-order valence-corrected chi connectivity index (χ2v) is 8.29. The Kier molecular flexibility index (Phi) is 8.80. The molecule has 0 aromatic carbocycles. The molecule has 0 saturated carbocycles. The molecule has 1 aliphatic heterocycles. The number of piperidine rings is 1. The van der Waals surface area contributed by atoms with Crippen molar-refractivity contribution in [3.05, 3.63) is 35.9 Å². The van der Waals surface area contributed by atoms with Crippen molar-refractivity contribution in [3.8, 4) is 0 Å². The van der Waals surface area contributed by atoms with Crippen LogP contribution in [-0.4, -0.2) is 75.8 Å². The summed E-state index contributed by atoms with van der Waals surface area (Å²) in [4.78, 5) is 35.8. The second kappa shape index (κ2) is 11.3. The molecule has 11 nitrogen and oxygen atoms in total. The summed E-state index contributed by atoms with van der Waals surface area (Å²) in [5.41, 5.74) is 0.226. The van der Waals surface area contributed by atoms with Crippen molar-refractivity contribution < 1.29 is 28.6 Å². The average molecular weight is 450 g/mol. The molecule has 0 radical (unpaired) electrons. The van der Waals surface area contributed by atoms with Crippen molar-refractivity contribution in [1.82, 2.24) is 24.9 Å². The summed E-state index contributed by atoms with van der Waals surface area (Å²) in [5, 5.41) is 10.2. The molecular formula is C21H31N5O6. The lowest BCUT2D eigenvalue weighted by atomic mass is 9.97. The second-order valence-electron chi connectivity index (χ2n) is 8.29. The Labute approximate surface area is 187 Å². The molecule has 2 aromatic rings. The highest BCUT2D eigenvalue weighted by molar-refractivity contribution is 5.87. The largest absolute Gasteiger partial charge is 0.464 e. The zero-order valence-corrected chi connectivity index (χ0v) is 19.2. The van der Waals surface area contributed by atoms with Crippen LogP contribution < -0.4 is 0 Å². The van der Waals surface area contributed by atoms with Crippen molar-refractivity contribution >= 4 is 18.0 Å². The molecule has 176 valence electrons. The maximum Gasteiger partial charge on any atom is 0.410 e. The molecule has 1 amide bonds. The molecule has 0 aliphatic carbocycles. The quantitative estimate of drug-likeness (QED) is 0.557. The van der Waals surface area contributed by atoms with Crippen LogP contribution in [0.4, 0.5) is 4.79 Å². The zero-order chi connectivity index (χ0) is 23.7. The van der Waals surface area contributed by atoms with E-state index in [0.29, 0.717) is 30.4 Å². The first-order valence-electron chi connectivity index (χ1n) is 10.3. The molecule has 0 spiro atoms. The number of ether oxygens (including phenoxy) is 3. The van der Waals surface area contributed by atoms with Gasteiger partial charge in [-0.1, -0.05) is 0 Å². The van der Waals surface area contributed by atoms with Crippen molar-refractivity contribution in [2.24, 2.45) is 5.92 Å². The van der Waals surface area contributed by atoms with Gasteiger partial charge in [0.2, 0.25) is 0 Å². The summed E-state index contributed by atoms with van der Waals surface area (Å²) in [7, 11) is 2.66. The summed E-state index contributed by atoms with van der Waals surface area (Å²) in [6, 6.07) is 3.20. The predicted octanol–water partition coefficient (Wildman–Crippen LogP) is 2.51. The fourth-order valence-electron chi connectivity index (χ4n) is 3.05. The normalized spacial score (nSPS) is 14.2. The number of amides is 1. The van der Waals surface area contributed by atoms with E-state index in [1.165, 1.54) is 20.4 Å². The lowest BCUT2D eigenvalue weighted by Gasteiger charge is -2.33. The number of carbonyl (C=O) groups is 3. The first kappa shape index (κ1) is 24.9.